The van der Waals surface area contributed by atoms with Gasteiger partial charge in [-0.15, -0.1) is 11.3 Å². The summed E-state index contributed by atoms with van der Waals surface area (Å²) in [5, 5.41) is 4.31. The summed E-state index contributed by atoms with van der Waals surface area (Å²) in [5.41, 5.74) is 4.74. The van der Waals surface area contributed by atoms with E-state index in [2.05, 4.69) is 40.5 Å². The number of carbonyl (C=O) groups is 1. The highest BCUT2D eigenvalue weighted by molar-refractivity contribution is 7.16. The van der Waals surface area contributed by atoms with E-state index in [4.69, 9.17) is 4.74 Å². The first-order valence-electron chi connectivity index (χ1n) is 11.2. The molecule has 1 fully saturated rings. The minimum Gasteiger partial charge on any atom is -0.379 e. The zero-order chi connectivity index (χ0) is 21.0. The Morgan fingerprint density at radius 2 is 1.61 bits per heavy atom. The molecule has 2 heterocycles. The molecular weight excluding hydrogens is 404 g/mol. The number of morpholine rings is 1. The van der Waals surface area contributed by atoms with Gasteiger partial charge >= 0.3 is 0 Å². The third kappa shape index (κ3) is 4.31. The van der Waals surface area contributed by atoms with E-state index in [1.54, 1.807) is 11.3 Å². The monoisotopic (exact) mass is 432 g/mol. The van der Waals surface area contributed by atoms with Gasteiger partial charge in [0.05, 0.1) is 19.3 Å². The Hall–Kier alpha value is -2.47. The van der Waals surface area contributed by atoms with Crippen molar-refractivity contribution in [1.29, 1.82) is 0 Å². The molecule has 160 valence electrons. The molecule has 1 aliphatic carbocycles. The summed E-state index contributed by atoms with van der Waals surface area (Å²) in [6.07, 6.45) is 4.65. The largest absolute Gasteiger partial charge is 0.379 e. The predicted molar refractivity (Wildman–Crippen MR) is 126 cm³/mol. The topological polar surface area (TPSA) is 41.6 Å². The molecule has 31 heavy (non-hydrogen) atoms. The Bertz CT molecular complexity index is 1030. The average Bonchev–Trinajstić information content (AvgIpc) is 3.19. The van der Waals surface area contributed by atoms with Gasteiger partial charge in [0.15, 0.2) is 0 Å². The van der Waals surface area contributed by atoms with Crippen LogP contribution in [0, 0.1) is 0 Å². The molecule has 5 rings (SSSR count). The number of carbonyl (C=O) groups excluding carboxylic acids is 1. The zero-order valence-corrected chi connectivity index (χ0v) is 18.5. The highest BCUT2D eigenvalue weighted by atomic mass is 32.1. The minimum atomic E-state index is -0.0331. The quantitative estimate of drug-likeness (QED) is 0.595. The van der Waals surface area contributed by atoms with E-state index >= 15 is 0 Å². The Morgan fingerprint density at radius 1 is 0.935 bits per heavy atom. The van der Waals surface area contributed by atoms with Crippen LogP contribution in [0.4, 0.5) is 5.00 Å². The van der Waals surface area contributed by atoms with E-state index < -0.39 is 0 Å². The van der Waals surface area contributed by atoms with E-state index in [0.717, 1.165) is 44.1 Å². The summed E-state index contributed by atoms with van der Waals surface area (Å²) < 4.78 is 5.66. The summed E-state index contributed by atoms with van der Waals surface area (Å²) in [6.45, 7) is 3.30. The van der Waals surface area contributed by atoms with Crippen LogP contribution < -0.4 is 5.32 Å². The summed E-state index contributed by atoms with van der Waals surface area (Å²) in [7, 11) is 0. The highest BCUT2D eigenvalue weighted by Gasteiger charge is 2.32. The highest BCUT2D eigenvalue weighted by Crippen LogP contribution is 2.45. The van der Waals surface area contributed by atoms with Gasteiger partial charge in [0, 0.05) is 29.1 Å². The van der Waals surface area contributed by atoms with E-state index in [-0.39, 0.29) is 11.9 Å². The molecule has 0 saturated carbocycles. The predicted octanol–water partition coefficient (Wildman–Crippen LogP) is 5.30. The van der Waals surface area contributed by atoms with Crippen LogP contribution in [0.25, 0.3) is 0 Å². The molecule has 1 atom stereocenters. The molecule has 1 aromatic heterocycles. The zero-order valence-electron chi connectivity index (χ0n) is 17.7. The van der Waals surface area contributed by atoms with Gasteiger partial charge in [-0.05, 0) is 48.9 Å². The lowest BCUT2D eigenvalue weighted by molar-refractivity contribution is 0.0239. The Balaban J connectivity index is 1.59. The number of nitrogens with zero attached hydrogens (tertiary/aromatic N) is 1. The molecule has 5 heteroatoms. The fourth-order valence-electron chi connectivity index (χ4n) is 4.77. The normalized spacial score (nSPS) is 17.7. The SMILES string of the molecule is O=C(Nc1sc2c(c1C(c1ccccc1)N1CCOCC1)CCCC2)c1ccccc1. The van der Waals surface area contributed by atoms with Crippen molar-refractivity contribution in [3.05, 3.63) is 87.8 Å². The van der Waals surface area contributed by atoms with Crippen LogP contribution in [0.5, 0.6) is 0 Å². The van der Waals surface area contributed by atoms with E-state index in [1.165, 1.54) is 34.4 Å². The Morgan fingerprint density at radius 3 is 2.35 bits per heavy atom. The van der Waals surface area contributed by atoms with Crippen molar-refractivity contribution in [2.45, 2.75) is 31.7 Å². The molecule has 1 unspecified atom stereocenters. The number of hydrogen-bond acceptors (Lipinski definition) is 4. The third-order valence-corrected chi connectivity index (χ3v) is 7.50. The van der Waals surface area contributed by atoms with Crippen LogP contribution in [0.15, 0.2) is 60.7 Å². The molecule has 1 amide bonds. The molecule has 0 spiro atoms. The van der Waals surface area contributed by atoms with Crippen LogP contribution in [0.3, 0.4) is 0 Å². The summed E-state index contributed by atoms with van der Waals surface area (Å²) in [6, 6.07) is 20.4. The molecule has 4 nitrogen and oxygen atoms in total. The maximum Gasteiger partial charge on any atom is 0.256 e. The van der Waals surface area contributed by atoms with Crippen LogP contribution in [-0.4, -0.2) is 37.1 Å². The number of rotatable bonds is 5. The standard InChI is InChI=1S/C26H28N2O2S/c29-25(20-11-5-2-6-12-20)27-26-23(21-13-7-8-14-22(21)31-26)24(19-9-3-1-4-10-19)28-15-17-30-18-16-28/h1-6,9-12,24H,7-8,13-18H2,(H,27,29). The lowest BCUT2D eigenvalue weighted by Crippen LogP contribution is -2.40. The molecule has 0 bridgehead atoms. The Kier molecular flexibility index (Phi) is 6.16. The fourth-order valence-corrected chi connectivity index (χ4v) is 6.08. The lowest BCUT2D eigenvalue weighted by atomic mass is 9.88. The van der Waals surface area contributed by atoms with E-state index in [9.17, 15) is 4.79 Å². The van der Waals surface area contributed by atoms with Crippen molar-refractivity contribution < 1.29 is 9.53 Å². The lowest BCUT2D eigenvalue weighted by Gasteiger charge is -2.36. The molecular formula is C26H28N2O2S. The molecule has 3 aromatic rings. The fraction of sp³-hybridized carbons (Fsp3) is 0.346. The van der Waals surface area contributed by atoms with Crippen LogP contribution in [0.1, 0.15) is 50.8 Å². The van der Waals surface area contributed by atoms with Gasteiger partial charge in [0.25, 0.3) is 5.91 Å². The van der Waals surface area contributed by atoms with Gasteiger partial charge in [0.2, 0.25) is 0 Å². The van der Waals surface area contributed by atoms with Crippen LogP contribution in [0.2, 0.25) is 0 Å². The number of amides is 1. The first-order valence-corrected chi connectivity index (χ1v) is 12.0. The van der Waals surface area contributed by atoms with Gasteiger partial charge in [-0.25, -0.2) is 0 Å². The molecule has 1 N–H and O–H groups in total. The second kappa shape index (κ2) is 9.35. The molecule has 0 radical (unpaired) electrons. The number of nitrogens with one attached hydrogen (secondary N) is 1. The van der Waals surface area contributed by atoms with Gasteiger partial charge in [-0.1, -0.05) is 48.5 Å². The summed E-state index contributed by atoms with van der Waals surface area (Å²) in [5.74, 6) is -0.0331. The van der Waals surface area contributed by atoms with Crippen molar-refractivity contribution in [3.63, 3.8) is 0 Å². The smallest absolute Gasteiger partial charge is 0.256 e. The first kappa shape index (κ1) is 20.4. The maximum absolute atomic E-state index is 13.1. The molecule has 2 aromatic carbocycles. The number of benzene rings is 2. The van der Waals surface area contributed by atoms with Crippen molar-refractivity contribution in [2.24, 2.45) is 0 Å². The van der Waals surface area contributed by atoms with Crippen LogP contribution in [-0.2, 0) is 17.6 Å². The summed E-state index contributed by atoms with van der Waals surface area (Å²) in [4.78, 5) is 17.0. The second-order valence-corrected chi connectivity index (χ2v) is 9.34. The number of aryl methyl sites for hydroxylation is 1. The molecule has 1 aliphatic heterocycles. The number of fused-ring (bicyclic) bond motifs is 1. The average molecular weight is 433 g/mol. The minimum absolute atomic E-state index is 0.0331. The van der Waals surface area contributed by atoms with Crippen LogP contribution >= 0.6 is 11.3 Å². The third-order valence-electron chi connectivity index (χ3n) is 6.27. The first-order chi connectivity index (χ1) is 15.3. The maximum atomic E-state index is 13.1. The molecule has 1 saturated heterocycles. The van der Waals surface area contributed by atoms with Gasteiger partial charge < -0.3 is 10.1 Å². The number of ether oxygens (including phenoxy) is 1. The number of thiophene rings is 1. The van der Waals surface area contributed by atoms with E-state index in [1.807, 2.05) is 30.3 Å². The van der Waals surface area contributed by atoms with E-state index in [0.29, 0.717) is 5.56 Å². The van der Waals surface area contributed by atoms with Crippen molar-refractivity contribution in [3.8, 4) is 0 Å². The van der Waals surface area contributed by atoms with Gasteiger partial charge in [-0.3, -0.25) is 9.69 Å². The molecule has 2 aliphatic rings. The number of anilines is 1. The van der Waals surface area contributed by atoms with Gasteiger partial charge in [-0.2, -0.15) is 0 Å². The van der Waals surface area contributed by atoms with Crippen molar-refractivity contribution in [2.75, 3.05) is 31.6 Å². The van der Waals surface area contributed by atoms with Crippen molar-refractivity contribution >= 4 is 22.2 Å². The number of hydrogen-bond donors (Lipinski definition) is 1. The Labute approximate surface area is 187 Å². The van der Waals surface area contributed by atoms with Crippen molar-refractivity contribution in [1.82, 2.24) is 4.90 Å². The van der Waals surface area contributed by atoms with Gasteiger partial charge in [0.1, 0.15) is 5.00 Å². The second-order valence-electron chi connectivity index (χ2n) is 8.24. The summed E-state index contributed by atoms with van der Waals surface area (Å²) >= 11 is 1.78.